The van der Waals surface area contributed by atoms with Gasteiger partial charge in [0.1, 0.15) is 5.75 Å². The molecule has 2 aromatic rings. The molecule has 0 saturated heterocycles. The Hall–Kier alpha value is -2.82. The van der Waals surface area contributed by atoms with E-state index in [-0.39, 0.29) is 18.4 Å². The van der Waals surface area contributed by atoms with Crippen molar-refractivity contribution in [3.8, 4) is 5.75 Å². The average Bonchev–Trinajstić information content (AvgIpc) is 2.62. The summed E-state index contributed by atoms with van der Waals surface area (Å²) in [6.45, 7) is 5.93. The van der Waals surface area contributed by atoms with Gasteiger partial charge in [-0.05, 0) is 49.1 Å². The fourth-order valence-corrected chi connectivity index (χ4v) is 2.76. The lowest BCUT2D eigenvalue weighted by molar-refractivity contribution is -0.132. The zero-order valence-corrected chi connectivity index (χ0v) is 15.8. The number of nitrogens with one attached hydrogen (secondary N) is 1. The van der Waals surface area contributed by atoms with Crippen molar-refractivity contribution >= 4 is 17.5 Å². The molecule has 0 aliphatic carbocycles. The molecule has 0 bridgehead atoms. The number of aryl methyl sites for hydroxylation is 1. The van der Waals surface area contributed by atoms with E-state index in [1.165, 1.54) is 6.92 Å². The molecule has 0 heterocycles. The van der Waals surface area contributed by atoms with Gasteiger partial charge in [-0.1, -0.05) is 30.3 Å². The second-order valence-electron chi connectivity index (χ2n) is 6.30. The van der Waals surface area contributed by atoms with Crippen LogP contribution in [0.4, 0.5) is 5.69 Å². The van der Waals surface area contributed by atoms with Crippen LogP contribution in [0.15, 0.2) is 42.5 Å². The lowest BCUT2D eigenvalue weighted by Gasteiger charge is -2.21. The van der Waals surface area contributed by atoms with E-state index in [0.717, 1.165) is 28.1 Å². The van der Waals surface area contributed by atoms with Crippen LogP contribution in [0.25, 0.3) is 0 Å². The first kappa shape index (κ1) is 19.5. The maximum atomic E-state index is 12.4. The van der Waals surface area contributed by atoms with Crippen molar-refractivity contribution in [2.24, 2.45) is 0 Å². The molecule has 0 spiro atoms. The molecule has 0 atom stereocenters. The molecule has 138 valence electrons. The third-order valence-electron chi connectivity index (χ3n) is 4.50. The zero-order chi connectivity index (χ0) is 19.1. The molecule has 2 aromatic carbocycles. The molecule has 0 radical (unpaired) electrons. The number of hydrogen-bond acceptors (Lipinski definition) is 3. The van der Waals surface area contributed by atoms with Crippen molar-refractivity contribution in [2.45, 2.75) is 27.2 Å². The molecular formula is C21H26N2O3. The molecule has 0 unspecified atom stereocenters. The highest BCUT2D eigenvalue weighted by molar-refractivity contribution is 5.95. The Bertz CT molecular complexity index is 787. The molecule has 26 heavy (non-hydrogen) atoms. The molecule has 0 fully saturated rings. The summed E-state index contributed by atoms with van der Waals surface area (Å²) in [5.74, 6) is 0.459. The summed E-state index contributed by atoms with van der Waals surface area (Å²) in [7, 11) is 1.62. The number of carbonyl (C=O) groups is 2. The minimum absolute atomic E-state index is 0.0257. The van der Waals surface area contributed by atoms with Crippen molar-refractivity contribution in [3.63, 3.8) is 0 Å². The molecule has 0 saturated carbocycles. The van der Waals surface area contributed by atoms with Crippen molar-refractivity contribution in [1.82, 2.24) is 4.90 Å². The van der Waals surface area contributed by atoms with Crippen LogP contribution in [0.1, 0.15) is 23.6 Å². The molecule has 0 aliphatic rings. The Labute approximate surface area is 155 Å². The second-order valence-corrected chi connectivity index (χ2v) is 6.30. The normalized spacial score (nSPS) is 10.3. The van der Waals surface area contributed by atoms with Gasteiger partial charge in [0.25, 0.3) is 0 Å². The smallest absolute Gasteiger partial charge is 0.244 e. The Morgan fingerprint density at radius 3 is 2.50 bits per heavy atom. The van der Waals surface area contributed by atoms with Gasteiger partial charge in [-0.15, -0.1) is 0 Å². The van der Waals surface area contributed by atoms with E-state index in [2.05, 4.69) is 5.32 Å². The first-order valence-electron chi connectivity index (χ1n) is 8.66. The summed E-state index contributed by atoms with van der Waals surface area (Å²) in [5, 5.41) is 2.90. The van der Waals surface area contributed by atoms with E-state index < -0.39 is 0 Å². The summed E-state index contributed by atoms with van der Waals surface area (Å²) in [6, 6.07) is 13.5. The van der Waals surface area contributed by atoms with Gasteiger partial charge in [-0.25, -0.2) is 0 Å². The van der Waals surface area contributed by atoms with Crippen LogP contribution in [0.3, 0.4) is 0 Å². The highest BCUT2D eigenvalue weighted by Crippen LogP contribution is 2.19. The lowest BCUT2D eigenvalue weighted by Crippen LogP contribution is -2.38. The predicted octanol–water partition coefficient (Wildman–Crippen LogP) is 3.34. The van der Waals surface area contributed by atoms with Gasteiger partial charge >= 0.3 is 0 Å². The van der Waals surface area contributed by atoms with Crippen LogP contribution in [0, 0.1) is 13.8 Å². The summed E-state index contributed by atoms with van der Waals surface area (Å²) >= 11 is 0. The van der Waals surface area contributed by atoms with Gasteiger partial charge in [0.15, 0.2) is 0 Å². The SMILES string of the molecule is COc1ccccc1CCN(CC(=O)Nc1cccc(C)c1C)C(C)=O. The largest absolute Gasteiger partial charge is 0.496 e. The summed E-state index contributed by atoms with van der Waals surface area (Å²) in [4.78, 5) is 25.9. The maximum absolute atomic E-state index is 12.4. The molecule has 2 rings (SSSR count). The number of amides is 2. The number of ether oxygens (including phenoxy) is 1. The Balaban J connectivity index is 2.00. The van der Waals surface area contributed by atoms with Crippen molar-refractivity contribution in [3.05, 3.63) is 59.2 Å². The van der Waals surface area contributed by atoms with Crippen molar-refractivity contribution in [1.29, 1.82) is 0 Å². The van der Waals surface area contributed by atoms with Crippen LogP contribution in [0.5, 0.6) is 5.75 Å². The third-order valence-corrected chi connectivity index (χ3v) is 4.50. The van der Waals surface area contributed by atoms with Gasteiger partial charge in [0.2, 0.25) is 11.8 Å². The lowest BCUT2D eigenvalue weighted by atomic mass is 10.1. The van der Waals surface area contributed by atoms with Crippen molar-refractivity contribution in [2.75, 3.05) is 25.5 Å². The van der Waals surface area contributed by atoms with E-state index in [1.54, 1.807) is 12.0 Å². The predicted molar refractivity (Wildman–Crippen MR) is 103 cm³/mol. The fourth-order valence-electron chi connectivity index (χ4n) is 2.76. The van der Waals surface area contributed by atoms with Crippen LogP contribution in [-0.2, 0) is 16.0 Å². The number of benzene rings is 2. The van der Waals surface area contributed by atoms with Crippen molar-refractivity contribution < 1.29 is 14.3 Å². The maximum Gasteiger partial charge on any atom is 0.244 e. The van der Waals surface area contributed by atoms with Crippen LogP contribution >= 0.6 is 0 Å². The van der Waals surface area contributed by atoms with E-state index in [9.17, 15) is 9.59 Å². The van der Waals surface area contributed by atoms with Crippen LogP contribution in [-0.4, -0.2) is 36.9 Å². The number of anilines is 1. The van der Waals surface area contributed by atoms with Gasteiger partial charge in [0, 0.05) is 19.2 Å². The fraction of sp³-hybridized carbons (Fsp3) is 0.333. The summed E-state index contributed by atoms with van der Waals surface area (Å²) < 4.78 is 5.34. The summed E-state index contributed by atoms with van der Waals surface area (Å²) in [6.07, 6.45) is 0.625. The third kappa shape index (κ3) is 5.09. The van der Waals surface area contributed by atoms with Crippen LogP contribution in [0.2, 0.25) is 0 Å². The number of methoxy groups -OCH3 is 1. The minimum Gasteiger partial charge on any atom is -0.496 e. The first-order valence-corrected chi connectivity index (χ1v) is 8.66. The minimum atomic E-state index is -0.200. The highest BCUT2D eigenvalue weighted by Gasteiger charge is 2.15. The topological polar surface area (TPSA) is 58.6 Å². The number of para-hydroxylation sites is 1. The van der Waals surface area contributed by atoms with E-state index >= 15 is 0 Å². The van der Waals surface area contributed by atoms with E-state index in [4.69, 9.17) is 4.74 Å². The molecule has 2 amide bonds. The van der Waals surface area contributed by atoms with Gasteiger partial charge in [-0.3, -0.25) is 9.59 Å². The van der Waals surface area contributed by atoms with Gasteiger partial charge < -0.3 is 15.0 Å². The molecule has 0 aromatic heterocycles. The van der Waals surface area contributed by atoms with E-state index in [0.29, 0.717) is 13.0 Å². The van der Waals surface area contributed by atoms with Gasteiger partial charge in [-0.2, -0.15) is 0 Å². The first-order chi connectivity index (χ1) is 12.4. The molecule has 5 heteroatoms. The van der Waals surface area contributed by atoms with Gasteiger partial charge in [0.05, 0.1) is 13.7 Å². The molecule has 5 nitrogen and oxygen atoms in total. The number of rotatable bonds is 7. The van der Waals surface area contributed by atoms with E-state index in [1.807, 2.05) is 56.3 Å². The monoisotopic (exact) mass is 354 g/mol. The number of nitrogens with zero attached hydrogens (tertiary/aromatic N) is 1. The van der Waals surface area contributed by atoms with Crippen LogP contribution < -0.4 is 10.1 Å². The Kier molecular flexibility index (Phi) is 6.78. The number of carbonyl (C=O) groups excluding carboxylic acids is 2. The molecule has 1 N–H and O–H groups in total. The summed E-state index contributed by atoms with van der Waals surface area (Å²) in [5.41, 5.74) is 3.94. The second kappa shape index (κ2) is 9.04. The quantitative estimate of drug-likeness (QED) is 0.830. The Morgan fingerprint density at radius 2 is 1.81 bits per heavy atom. The molecular weight excluding hydrogens is 328 g/mol. The highest BCUT2D eigenvalue weighted by atomic mass is 16.5. The Morgan fingerprint density at radius 1 is 1.08 bits per heavy atom. The molecule has 0 aliphatic heterocycles. The number of hydrogen-bond donors (Lipinski definition) is 1. The zero-order valence-electron chi connectivity index (χ0n) is 15.8. The standard InChI is InChI=1S/C21H26N2O3/c1-15-8-7-10-19(16(15)2)22-21(25)14-23(17(3)24)13-12-18-9-5-6-11-20(18)26-4/h5-11H,12-14H2,1-4H3,(H,22,25). The average molecular weight is 354 g/mol.